The number of nitrogens with one attached hydrogen (secondary N) is 1. The molecule has 0 spiro atoms. The number of rotatable bonds is 9. The third-order valence-corrected chi connectivity index (χ3v) is 9.72. The monoisotopic (exact) mass is 489 g/mol. The first-order valence-corrected chi connectivity index (χ1v) is 15.2. The van der Waals surface area contributed by atoms with E-state index in [2.05, 4.69) is 23.2 Å². The summed E-state index contributed by atoms with van der Waals surface area (Å²) in [6.45, 7) is 3.26. The third kappa shape index (κ3) is 6.47. The molecule has 7 heteroatoms. The van der Waals surface area contributed by atoms with Crippen molar-refractivity contribution in [3.8, 4) is 5.75 Å². The van der Waals surface area contributed by atoms with Crippen LogP contribution in [0.3, 0.4) is 0 Å². The fourth-order valence-corrected chi connectivity index (χ4v) is 7.28. The molecule has 168 valence electrons. The maximum atomic E-state index is 13.2. The number of carbonyl (C=O) groups excluding carboxylic acids is 1. The molecular formula is C24H33AsFN3O2. The summed E-state index contributed by atoms with van der Waals surface area (Å²) < 4.78 is 21.0. The van der Waals surface area contributed by atoms with E-state index in [-0.39, 0.29) is 18.0 Å². The van der Waals surface area contributed by atoms with Gasteiger partial charge < -0.3 is 0 Å². The van der Waals surface area contributed by atoms with Gasteiger partial charge in [-0.05, 0) is 0 Å². The van der Waals surface area contributed by atoms with Gasteiger partial charge in [-0.2, -0.15) is 0 Å². The van der Waals surface area contributed by atoms with Crippen LogP contribution in [0, 0.1) is 5.82 Å². The standard InChI is InChI=1S/C24H33AsFN3O2/c1-3-28-24(30)29(15-14-27)22-13-10-19(16-23(22)31-21-6-4-5-7-21)25(2)17-18-8-11-20(26)12-9-18/h8-13,16,21H,3-7,14-15,17,27H2,1-2H3,(H,28,30). The van der Waals surface area contributed by atoms with E-state index in [1.165, 1.54) is 29.3 Å². The molecule has 3 rings (SSSR count). The molecule has 3 N–H and O–H groups in total. The number of carbonyl (C=O) groups is 1. The number of amides is 2. The molecule has 0 saturated heterocycles. The van der Waals surface area contributed by atoms with E-state index < -0.39 is 14.7 Å². The molecule has 1 aliphatic carbocycles. The number of hydrogen-bond acceptors (Lipinski definition) is 3. The summed E-state index contributed by atoms with van der Waals surface area (Å²) in [5.74, 6) is 0.560. The summed E-state index contributed by atoms with van der Waals surface area (Å²) >= 11 is -1.41. The average Bonchev–Trinajstić information content (AvgIpc) is 3.27. The van der Waals surface area contributed by atoms with Crippen molar-refractivity contribution in [2.75, 3.05) is 24.5 Å². The molecule has 0 heterocycles. The van der Waals surface area contributed by atoms with E-state index >= 15 is 0 Å². The molecule has 0 radical (unpaired) electrons. The van der Waals surface area contributed by atoms with E-state index in [1.807, 2.05) is 25.1 Å². The first-order valence-electron chi connectivity index (χ1n) is 11.0. The maximum absolute atomic E-state index is 13.2. The molecule has 0 aromatic heterocycles. The molecule has 31 heavy (non-hydrogen) atoms. The number of benzene rings is 2. The van der Waals surface area contributed by atoms with E-state index in [4.69, 9.17) is 10.5 Å². The van der Waals surface area contributed by atoms with Crippen molar-refractivity contribution >= 4 is 30.7 Å². The Morgan fingerprint density at radius 1 is 1.23 bits per heavy atom. The van der Waals surface area contributed by atoms with E-state index in [0.717, 1.165) is 35.1 Å². The van der Waals surface area contributed by atoms with Gasteiger partial charge in [0.05, 0.1) is 0 Å². The van der Waals surface area contributed by atoms with Gasteiger partial charge in [-0.25, -0.2) is 0 Å². The van der Waals surface area contributed by atoms with Crippen LogP contribution in [-0.2, 0) is 5.21 Å². The van der Waals surface area contributed by atoms with Gasteiger partial charge in [0.2, 0.25) is 0 Å². The number of nitrogens with two attached hydrogens (primary N) is 1. The average molecular weight is 489 g/mol. The Morgan fingerprint density at radius 3 is 2.58 bits per heavy atom. The Hall–Kier alpha value is -2.04. The van der Waals surface area contributed by atoms with Crippen LogP contribution in [0.15, 0.2) is 42.5 Å². The van der Waals surface area contributed by atoms with Crippen molar-refractivity contribution in [1.82, 2.24) is 5.32 Å². The Labute approximate surface area is 189 Å². The van der Waals surface area contributed by atoms with Gasteiger partial charge in [0.15, 0.2) is 0 Å². The van der Waals surface area contributed by atoms with Crippen LogP contribution in [0.25, 0.3) is 0 Å². The summed E-state index contributed by atoms with van der Waals surface area (Å²) in [6, 6.07) is 12.8. The Kier molecular flexibility index (Phi) is 8.79. The molecule has 1 saturated carbocycles. The number of nitrogens with zero attached hydrogens (tertiary/aromatic N) is 1. The minimum absolute atomic E-state index is 0.158. The quantitative estimate of drug-likeness (QED) is 0.528. The van der Waals surface area contributed by atoms with Crippen LogP contribution in [0.4, 0.5) is 14.9 Å². The molecule has 1 aliphatic rings. The fraction of sp³-hybridized carbons (Fsp3) is 0.458. The molecule has 5 nitrogen and oxygen atoms in total. The SMILES string of the molecule is CCNC(=O)N(CCN)c1ccc([As](C)Cc2ccc(F)cc2)cc1OC1CCCC1. The van der Waals surface area contributed by atoms with Crippen LogP contribution in [0.2, 0.25) is 5.71 Å². The summed E-state index contributed by atoms with van der Waals surface area (Å²) in [4.78, 5) is 14.4. The zero-order valence-corrected chi connectivity index (χ0v) is 20.3. The molecule has 1 fully saturated rings. The van der Waals surface area contributed by atoms with Gasteiger partial charge in [-0.1, -0.05) is 0 Å². The Morgan fingerprint density at radius 2 is 1.94 bits per heavy atom. The number of urea groups is 1. The van der Waals surface area contributed by atoms with E-state index in [0.29, 0.717) is 19.6 Å². The van der Waals surface area contributed by atoms with E-state index in [9.17, 15) is 9.18 Å². The molecule has 2 aromatic carbocycles. The summed E-state index contributed by atoms with van der Waals surface area (Å²) in [5.41, 5.74) is 10.0. The number of ether oxygens (including phenoxy) is 1. The Bertz CT molecular complexity index is 856. The van der Waals surface area contributed by atoms with Crippen LogP contribution in [0.1, 0.15) is 38.2 Å². The van der Waals surface area contributed by atoms with Crippen LogP contribution >= 0.6 is 0 Å². The number of hydrogen-bond donors (Lipinski definition) is 2. The molecule has 1 atom stereocenters. The molecule has 0 aliphatic heterocycles. The van der Waals surface area contributed by atoms with Gasteiger partial charge in [0, 0.05) is 0 Å². The topological polar surface area (TPSA) is 67.6 Å². The van der Waals surface area contributed by atoms with Crippen molar-refractivity contribution in [2.45, 2.75) is 49.6 Å². The van der Waals surface area contributed by atoms with Crippen LogP contribution in [-0.4, -0.2) is 46.4 Å². The van der Waals surface area contributed by atoms with Gasteiger partial charge in [-0.15, -0.1) is 0 Å². The molecule has 2 amide bonds. The Balaban J connectivity index is 1.89. The predicted molar refractivity (Wildman–Crippen MR) is 126 cm³/mol. The second-order valence-corrected chi connectivity index (χ2v) is 12.6. The third-order valence-electron chi connectivity index (χ3n) is 5.53. The van der Waals surface area contributed by atoms with Gasteiger partial charge in [0.1, 0.15) is 0 Å². The van der Waals surface area contributed by atoms with Crippen LogP contribution in [0.5, 0.6) is 5.75 Å². The molecule has 1 unspecified atom stereocenters. The second kappa shape index (κ2) is 11.5. The summed E-state index contributed by atoms with van der Waals surface area (Å²) in [7, 11) is 0. The zero-order valence-electron chi connectivity index (χ0n) is 18.4. The van der Waals surface area contributed by atoms with Gasteiger partial charge >= 0.3 is 189 Å². The number of halogens is 1. The van der Waals surface area contributed by atoms with Gasteiger partial charge in [-0.3, -0.25) is 0 Å². The van der Waals surface area contributed by atoms with Crippen molar-refractivity contribution in [2.24, 2.45) is 5.73 Å². The van der Waals surface area contributed by atoms with E-state index in [1.54, 1.807) is 4.90 Å². The van der Waals surface area contributed by atoms with Crippen molar-refractivity contribution in [3.05, 3.63) is 53.8 Å². The predicted octanol–water partition coefficient (Wildman–Crippen LogP) is 3.76. The van der Waals surface area contributed by atoms with Crippen molar-refractivity contribution in [1.29, 1.82) is 0 Å². The second-order valence-electron chi connectivity index (χ2n) is 7.93. The minimum atomic E-state index is -1.41. The fourth-order valence-electron chi connectivity index (χ4n) is 3.91. The van der Waals surface area contributed by atoms with Crippen LogP contribution < -0.4 is 25.0 Å². The number of anilines is 1. The first kappa shape index (κ1) is 23.6. The normalized spacial score (nSPS) is 15.0. The zero-order chi connectivity index (χ0) is 22.2. The summed E-state index contributed by atoms with van der Waals surface area (Å²) in [5, 5.41) is 3.82. The summed E-state index contributed by atoms with van der Waals surface area (Å²) in [6.07, 6.45) is 4.64. The van der Waals surface area contributed by atoms with Crippen molar-refractivity contribution in [3.63, 3.8) is 0 Å². The molecule has 2 aromatic rings. The molecular weight excluding hydrogens is 456 g/mol. The molecule has 0 bridgehead atoms. The first-order chi connectivity index (χ1) is 15.0. The van der Waals surface area contributed by atoms with Crippen molar-refractivity contribution < 1.29 is 13.9 Å². The van der Waals surface area contributed by atoms with Gasteiger partial charge in [0.25, 0.3) is 0 Å².